The molecule has 0 bridgehead atoms. The Hall–Kier alpha value is -7.53. The van der Waals surface area contributed by atoms with Gasteiger partial charge in [0.05, 0.1) is 22.6 Å². The summed E-state index contributed by atoms with van der Waals surface area (Å²) >= 11 is 1.86. The van der Waals surface area contributed by atoms with Crippen molar-refractivity contribution in [2.45, 2.75) is 0 Å². The molecule has 3 nitrogen and oxygen atoms in total. The van der Waals surface area contributed by atoms with Crippen molar-refractivity contribution in [3.8, 4) is 77.9 Å². The van der Waals surface area contributed by atoms with Crippen molar-refractivity contribution in [3.05, 3.63) is 212 Å². The Morgan fingerprint density at radius 1 is 0.339 bits per heavy atom. The van der Waals surface area contributed by atoms with Crippen molar-refractivity contribution in [3.63, 3.8) is 0 Å². The molecule has 0 amide bonds. The number of thiophene rings is 1. The van der Waals surface area contributed by atoms with Gasteiger partial charge < -0.3 is 0 Å². The van der Waals surface area contributed by atoms with Crippen LogP contribution in [0.25, 0.3) is 110 Å². The molecule has 8 aromatic carbocycles. The van der Waals surface area contributed by atoms with Gasteiger partial charge in [0, 0.05) is 48.2 Å². The molecule has 3 aromatic heterocycles. The lowest BCUT2D eigenvalue weighted by Gasteiger charge is -2.13. The van der Waals surface area contributed by atoms with Crippen LogP contribution in [-0.4, -0.2) is 15.0 Å². The van der Waals surface area contributed by atoms with Gasteiger partial charge in [0.1, 0.15) is 0 Å². The zero-order valence-corrected chi connectivity index (χ0v) is 32.8. The maximum absolute atomic E-state index is 5.39. The molecule has 0 N–H and O–H groups in total. The molecule has 0 aliphatic carbocycles. The van der Waals surface area contributed by atoms with Crippen molar-refractivity contribution in [1.29, 1.82) is 0 Å². The fourth-order valence-electron chi connectivity index (χ4n) is 8.18. The molecular formula is C55H35N3S. The van der Waals surface area contributed by atoms with E-state index in [0.717, 1.165) is 61.5 Å². The predicted octanol–water partition coefficient (Wildman–Crippen LogP) is 15.1. The van der Waals surface area contributed by atoms with E-state index in [0.29, 0.717) is 5.82 Å². The minimum absolute atomic E-state index is 0.704. The Morgan fingerprint density at radius 3 is 1.64 bits per heavy atom. The molecule has 0 spiro atoms. The van der Waals surface area contributed by atoms with Gasteiger partial charge in [-0.2, -0.15) is 0 Å². The van der Waals surface area contributed by atoms with E-state index in [1.165, 1.54) is 42.2 Å². The Balaban J connectivity index is 1.11. The zero-order chi connectivity index (χ0) is 39.1. The standard InChI is InChI=1S/C55H35N3S/c1-4-17-37(18-5-1)48-35-49(58-55(57-48)39-21-8-3-9-22-39)43-26-14-24-41(32-43)42-25-15-27-44(33-42)50-51-52(38-19-6-2-7-20-38)56-47-29-13-12-28-46(47)54(51)59-53(50)45-31-30-36-16-10-11-23-40(36)34-45/h1-35H. The SMILES string of the molecule is c1ccc(-c2cc(-c3cccc(-c4cccc(-c5c(-c6ccc7ccccc7c6)sc6c5c(-c5ccccc5)nc5ccccc56)c4)c3)nc(-c3ccccc3)n2)cc1. The average molecular weight is 770 g/mol. The van der Waals surface area contributed by atoms with E-state index in [9.17, 15) is 0 Å². The molecule has 276 valence electrons. The first-order valence-electron chi connectivity index (χ1n) is 19.8. The second-order valence-corrected chi connectivity index (χ2v) is 15.8. The maximum atomic E-state index is 5.39. The minimum atomic E-state index is 0.704. The van der Waals surface area contributed by atoms with Crippen LogP contribution in [-0.2, 0) is 0 Å². The van der Waals surface area contributed by atoms with E-state index < -0.39 is 0 Å². The first-order valence-corrected chi connectivity index (χ1v) is 20.7. The normalized spacial score (nSPS) is 11.4. The summed E-state index contributed by atoms with van der Waals surface area (Å²) < 4.78 is 1.24. The van der Waals surface area contributed by atoms with E-state index in [1.54, 1.807) is 0 Å². The number of rotatable bonds is 7. The summed E-state index contributed by atoms with van der Waals surface area (Å²) in [6.07, 6.45) is 0. The number of hydrogen-bond acceptors (Lipinski definition) is 4. The van der Waals surface area contributed by atoms with Crippen LogP contribution in [0, 0.1) is 0 Å². The number of para-hydroxylation sites is 1. The van der Waals surface area contributed by atoms with Gasteiger partial charge in [-0.3, -0.25) is 0 Å². The highest BCUT2D eigenvalue weighted by Crippen LogP contribution is 2.50. The van der Waals surface area contributed by atoms with Crippen LogP contribution in [0.2, 0.25) is 0 Å². The first-order chi connectivity index (χ1) is 29.2. The third kappa shape index (κ3) is 6.46. The lowest BCUT2D eigenvalue weighted by molar-refractivity contribution is 1.18. The number of fused-ring (bicyclic) bond motifs is 4. The number of pyridine rings is 1. The van der Waals surface area contributed by atoms with Gasteiger partial charge >= 0.3 is 0 Å². The van der Waals surface area contributed by atoms with E-state index in [4.69, 9.17) is 15.0 Å². The van der Waals surface area contributed by atoms with E-state index in [2.05, 4.69) is 188 Å². The molecule has 0 atom stereocenters. The summed E-state index contributed by atoms with van der Waals surface area (Å²) in [7, 11) is 0. The maximum Gasteiger partial charge on any atom is 0.160 e. The molecule has 11 aromatic rings. The van der Waals surface area contributed by atoms with Crippen molar-refractivity contribution in [2.75, 3.05) is 0 Å². The van der Waals surface area contributed by atoms with Crippen molar-refractivity contribution in [1.82, 2.24) is 15.0 Å². The summed E-state index contributed by atoms with van der Waals surface area (Å²) in [6, 6.07) is 75.0. The molecule has 0 radical (unpaired) electrons. The van der Waals surface area contributed by atoms with Crippen LogP contribution in [0.4, 0.5) is 0 Å². The second-order valence-electron chi connectivity index (χ2n) is 14.8. The fraction of sp³-hybridized carbons (Fsp3) is 0. The van der Waals surface area contributed by atoms with Crippen LogP contribution in [0.3, 0.4) is 0 Å². The second kappa shape index (κ2) is 14.8. The first kappa shape index (κ1) is 34.7. The van der Waals surface area contributed by atoms with E-state index in [1.807, 2.05) is 35.6 Å². The van der Waals surface area contributed by atoms with Crippen molar-refractivity contribution >= 4 is 43.1 Å². The summed E-state index contributed by atoms with van der Waals surface area (Å²) in [5.74, 6) is 0.704. The number of aromatic nitrogens is 3. The molecule has 0 unspecified atom stereocenters. The third-order valence-corrected chi connectivity index (χ3v) is 12.3. The van der Waals surface area contributed by atoms with Gasteiger partial charge in [0.2, 0.25) is 0 Å². The van der Waals surface area contributed by atoms with Crippen LogP contribution < -0.4 is 0 Å². The molecule has 0 saturated heterocycles. The highest BCUT2D eigenvalue weighted by molar-refractivity contribution is 7.24. The van der Waals surface area contributed by atoms with E-state index in [-0.39, 0.29) is 0 Å². The Bertz CT molecular complexity index is 3260. The van der Waals surface area contributed by atoms with Crippen LogP contribution in [0.1, 0.15) is 0 Å². The quantitative estimate of drug-likeness (QED) is 0.162. The molecule has 0 saturated carbocycles. The van der Waals surface area contributed by atoms with Crippen molar-refractivity contribution < 1.29 is 0 Å². The fourth-order valence-corrected chi connectivity index (χ4v) is 9.54. The monoisotopic (exact) mass is 769 g/mol. The lowest BCUT2D eigenvalue weighted by atomic mass is 9.92. The highest BCUT2D eigenvalue weighted by Gasteiger charge is 2.23. The van der Waals surface area contributed by atoms with Gasteiger partial charge in [-0.05, 0) is 63.4 Å². The van der Waals surface area contributed by atoms with Crippen LogP contribution >= 0.6 is 11.3 Å². The Labute approximate surface area is 346 Å². The van der Waals surface area contributed by atoms with Gasteiger partial charge in [-0.25, -0.2) is 15.0 Å². The molecule has 3 heterocycles. The molecule has 0 aliphatic rings. The van der Waals surface area contributed by atoms with Crippen molar-refractivity contribution in [2.24, 2.45) is 0 Å². The Morgan fingerprint density at radius 2 is 0.898 bits per heavy atom. The molecule has 11 rings (SSSR count). The molecular weight excluding hydrogens is 735 g/mol. The third-order valence-electron chi connectivity index (χ3n) is 11.1. The smallest absolute Gasteiger partial charge is 0.160 e. The highest BCUT2D eigenvalue weighted by atomic mass is 32.1. The molecule has 4 heteroatoms. The molecule has 59 heavy (non-hydrogen) atoms. The number of benzene rings is 8. The van der Waals surface area contributed by atoms with Gasteiger partial charge in [0.15, 0.2) is 5.82 Å². The largest absolute Gasteiger partial charge is 0.247 e. The minimum Gasteiger partial charge on any atom is -0.247 e. The molecule has 0 aliphatic heterocycles. The van der Waals surface area contributed by atoms with E-state index >= 15 is 0 Å². The summed E-state index contributed by atoms with van der Waals surface area (Å²) in [5, 5.41) is 4.80. The summed E-state index contributed by atoms with van der Waals surface area (Å²) in [5.41, 5.74) is 13.7. The van der Waals surface area contributed by atoms with Gasteiger partial charge in [0.25, 0.3) is 0 Å². The predicted molar refractivity (Wildman–Crippen MR) is 248 cm³/mol. The topological polar surface area (TPSA) is 38.7 Å². The number of nitrogens with zero attached hydrogens (tertiary/aromatic N) is 3. The summed E-state index contributed by atoms with van der Waals surface area (Å²) in [6.45, 7) is 0. The average Bonchev–Trinajstić information content (AvgIpc) is 3.73. The summed E-state index contributed by atoms with van der Waals surface area (Å²) in [4.78, 5) is 16.8. The lowest BCUT2D eigenvalue weighted by Crippen LogP contribution is -1.96. The Kier molecular flexibility index (Phi) is 8.68. The van der Waals surface area contributed by atoms with Gasteiger partial charge in [-0.1, -0.05) is 182 Å². The number of hydrogen-bond donors (Lipinski definition) is 0. The van der Waals surface area contributed by atoms with Crippen LogP contribution in [0.15, 0.2) is 212 Å². The zero-order valence-electron chi connectivity index (χ0n) is 32.0. The van der Waals surface area contributed by atoms with Crippen LogP contribution in [0.5, 0.6) is 0 Å². The van der Waals surface area contributed by atoms with Gasteiger partial charge in [-0.15, -0.1) is 11.3 Å². The molecule has 0 fully saturated rings.